The zero-order chi connectivity index (χ0) is 15.9. The van der Waals surface area contributed by atoms with Crippen molar-refractivity contribution >= 4 is 5.91 Å². The molecule has 1 atom stereocenters. The average Bonchev–Trinajstić information content (AvgIpc) is 2.54. The largest absolute Gasteiger partial charge is 0.439 e. The molecule has 0 spiro atoms. The van der Waals surface area contributed by atoms with Crippen LogP contribution in [0.5, 0.6) is 11.6 Å². The predicted octanol–water partition coefficient (Wildman–Crippen LogP) is 2.62. The third kappa shape index (κ3) is 4.56. The molecular weight excluding hydrogens is 280 g/mol. The minimum atomic E-state index is -0.558. The van der Waals surface area contributed by atoms with E-state index in [0.29, 0.717) is 17.2 Å². The van der Waals surface area contributed by atoms with Crippen LogP contribution in [0.4, 0.5) is 0 Å². The summed E-state index contributed by atoms with van der Waals surface area (Å²) in [4.78, 5) is 16.1. The zero-order valence-electron chi connectivity index (χ0n) is 12.7. The Bertz CT molecular complexity index is 597. The fourth-order valence-corrected chi connectivity index (χ4v) is 1.72. The molecule has 1 amide bonds. The third-order valence-corrected chi connectivity index (χ3v) is 3.21. The third-order valence-electron chi connectivity index (χ3n) is 3.21. The van der Waals surface area contributed by atoms with Crippen LogP contribution in [0.25, 0.3) is 0 Å². The van der Waals surface area contributed by atoms with E-state index in [4.69, 9.17) is 4.74 Å². The van der Waals surface area contributed by atoms with Crippen molar-refractivity contribution in [3.05, 3.63) is 54.2 Å². The van der Waals surface area contributed by atoms with Gasteiger partial charge >= 0.3 is 0 Å². The second kappa shape index (κ2) is 7.56. The average molecular weight is 300 g/mol. The number of carbonyl (C=O) groups excluding carboxylic acids is 1. The van der Waals surface area contributed by atoms with Gasteiger partial charge in [0.25, 0.3) is 5.91 Å². The highest BCUT2D eigenvalue weighted by atomic mass is 16.5. The first kappa shape index (κ1) is 16.0. The number of aromatic nitrogens is 1. The van der Waals surface area contributed by atoms with Gasteiger partial charge in [0.15, 0.2) is 0 Å². The summed E-state index contributed by atoms with van der Waals surface area (Å²) < 4.78 is 5.56. The first-order chi connectivity index (χ1) is 10.6. The SMILES string of the molecule is CC(C)C(O)CNC(=O)c1ccc(Oc2ccccc2)nc1. The Balaban J connectivity index is 1.92. The lowest BCUT2D eigenvalue weighted by Crippen LogP contribution is -2.34. The molecule has 0 aliphatic carbocycles. The number of aliphatic hydroxyl groups excluding tert-OH is 1. The molecule has 2 rings (SSSR count). The molecular formula is C17H20N2O3. The lowest BCUT2D eigenvalue weighted by Gasteiger charge is -2.15. The van der Waals surface area contributed by atoms with E-state index in [1.54, 1.807) is 12.1 Å². The van der Waals surface area contributed by atoms with Crippen LogP contribution in [-0.4, -0.2) is 28.6 Å². The number of amides is 1. The highest BCUT2D eigenvalue weighted by molar-refractivity contribution is 5.93. The lowest BCUT2D eigenvalue weighted by atomic mass is 10.1. The Morgan fingerprint density at radius 1 is 1.23 bits per heavy atom. The topological polar surface area (TPSA) is 71.5 Å². The molecule has 0 aliphatic heterocycles. The van der Waals surface area contributed by atoms with Crippen LogP contribution >= 0.6 is 0 Å². The molecule has 0 bridgehead atoms. The summed E-state index contributed by atoms with van der Waals surface area (Å²) in [6.45, 7) is 4.01. The number of rotatable bonds is 6. The molecule has 0 saturated heterocycles. The van der Waals surface area contributed by atoms with Gasteiger partial charge in [0, 0.05) is 18.8 Å². The molecule has 116 valence electrons. The van der Waals surface area contributed by atoms with Crippen molar-refractivity contribution in [2.24, 2.45) is 5.92 Å². The number of aliphatic hydroxyl groups is 1. The molecule has 1 unspecified atom stereocenters. The molecule has 0 fully saturated rings. The molecule has 0 saturated carbocycles. The van der Waals surface area contributed by atoms with Crippen molar-refractivity contribution in [1.29, 1.82) is 0 Å². The summed E-state index contributed by atoms with van der Waals surface area (Å²) in [6, 6.07) is 12.6. The van der Waals surface area contributed by atoms with Crippen molar-refractivity contribution in [1.82, 2.24) is 10.3 Å². The van der Waals surface area contributed by atoms with E-state index in [2.05, 4.69) is 10.3 Å². The molecule has 1 aromatic heterocycles. The number of pyridine rings is 1. The van der Waals surface area contributed by atoms with Gasteiger partial charge in [0.1, 0.15) is 5.75 Å². The summed E-state index contributed by atoms with van der Waals surface area (Å²) in [5, 5.41) is 12.4. The molecule has 0 aliphatic rings. The van der Waals surface area contributed by atoms with Gasteiger partial charge in [-0.25, -0.2) is 4.98 Å². The van der Waals surface area contributed by atoms with E-state index < -0.39 is 6.10 Å². The maximum atomic E-state index is 11.9. The molecule has 2 N–H and O–H groups in total. The van der Waals surface area contributed by atoms with Gasteiger partial charge in [-0.2, -0.15) is 0 Å². The minimum absolute atomic E-state index is 0.0973. The fourth-order valence-electron chi connectivity index (χ4n) is 1.72. The van der Waals surface area contributed by atoms with Gasteiger partial charge in [-0.1, -0.05) is 32.0 Å². The van der Waals surface area contributed by atoms with Gasteiger partial charge in [-0.3, -0.25) is 4.79 Å². The predicted molar refractivity (Wildman–Crippen MR) is 83.9 cm³/mol. The number of hydrogen-bond donors (Lipinski definition) is 2. The highest BCUT2D eigenvalue weighted by Gasteiger charge is 2.12. The first-order valence-corrected chi connectivity index (χ1v) is 7.21. The van der Waals surface area contributed by atoms with E-state index in [1.807, 2.05) is 44.2 Å². The van der Waals surface area contributed by atoms with Gasteiger partial charge in [-0.15, -0.1) is 0 Å². The maximum Gasteiger partial charge on any atom is 0.252 e. The number of para-hydroxylation sites is 1. The van der Waals surface area contributed by atoms with Crippen LogP contribution in [0.15, 0.2) is 48.7 Å². The van der Waals surface area contributed by atoms with E-state index in [1.165, 1.54) is 6.20 Å². The Morgan fingerprint density at radius 2 is 1.95 bits per heavy atom. The first-order valence-electron chi connectivity index (χ1n) is 7.21. The number of benzene rings is 1. The van der Waals surface area contributed by atoms with Crippen LogP contribution in [0.1, 0.15) is 24.2 Å². The molecule has 5 heteroatoms. The van der Waals surface area contributed by atoms with E-state index in [-0.39, 0.29) is 18.4 Å². The van der Waals surface area contributed by atoms with Crippen LogP contribution in [0, 0.1) is 5.92 Å². The smallest absolute Gasteiger partial charge is 0.252 e. The molecule has 5 nitrogen and oxygen atoms in total. The standard InChI is InChI=1S/C17H20N2O3/c1-12(2)15(20)11-19-17(21)13-8-9-16(18-10-13)22-14-6-4-3-5-7-14/h3-10,12,15,20H,11H2,1-2H3,(H,19,21). The van der Waals surface area contributed by atoms with E-state index >= 15 is 0 Å². The van der Waals surface area contributed by atoms with Crippen LogP contribution in [-0.2, 0) is 0 Å². The van der Waals surface area contributed by atoms with Crippen molar-refractivity contribution in [3.8, 4) is 11.6 Å². The van der Waals surface area contributed by atoms with Gasteiger partial charge in [0.05, 0.1) is 11.7 Å². The Labute approximate surface area is 130 Å². The summed E-state index contributed by atoms with van der Waals surface area (Å²) in [5.41, 5.74) is 0.427. The lowest BCUT2D eigenvalue weighted by molar-refractivity contribution is 0.0871. The number of carbonyl (C=O) groups is 1. The van der Waals surface area contributed by atoms with Gasteiger partial charge < -0.3 is 15.2 Å². The van der Waals surface area contributed by atoms with Crippen molar-refractivity contribution in [2.75, 3.05) is 6.54 Å². The monoisotopic (exact) mass is 300 g/mol. The maximum absolute atomic E-state index is 11.9. The van der Waals surface area contributed by atoms with Crippen LogP contribution in [0.2, 0.25) is 0 Å². The van der Waals surface area contributed by atoms with Crippen LogP contribution < -0.4 is 10.1 Å². The second-order valence-corrected chi connectivity index (χ2v) is 5.32. The minimum Gasteiger partial charge on any atom is -0.439 e. The normalized spacial score (nSPS) is 12.0. The van der Waals surface area contributed by atoms with Crippen molar-refractivity contribution in [3.63, 3.8) is 0 Å². The van der Waals surface area contributed by atoms with Gasteiger partial charge in [-0.05, 0) is 24.1 Å². The molecule has 2 aromatic rings. The van der Waals surface area contributed by atoms with Crippen LogP contribution in [0.3, 0.4) is 0 Å². The van der Waals surface area contributed by atoms with Gasteiger partial charge in [0.2, 0.25) is 5.88 Å². The molecule has 0 radical (unpaired) electrons. The fraction of sp³-hybridized carbons (Fsp3) is 0.294. The summed E-state index contributed by atoms with van der Waals surface area (Å²) in [7, 11) is 0. The summed E-state index contributed by atoms with van der Waals surface area (Å²) in [5.74, 6) is 0.941. The number of ether oxygens (including phenoxy) is 1. The molecule has 1 aromatic carbocycles. The number of nitrogens with zero attached hydrogens (tertiary/aromatic N) is 1. The molecule has 1 heterocycles. The Kier molecular flexibility index (Phi) is 5.49. The van der Waals surface area contributed by atoms with Crippen molar-refractivity contribution in [2.45, 2.75) is 20.0 Å². The van der Waals surface area contributed by atoms with E-state index in [9.17, 15) is 9.90 Å². The highest BCUT2D eigenvalue weighted by Crippen LogP contribution is 2.18. The Morgan fingerprint density at radius 3 is 2.55 bits per heavy atom. The van der Waals surface area contributed by atoms with Crippen molar-refractivity contribution < 1.29 is 14.6 Å². The van der Waals surface area contributed by atoms with E-state index in [0.717, 1.165) is 0 Å². The summed E-state index contributed by atoms with van der Waals surface area (Å²) in [6.07, 6.45) is 0.896. The second-order valence-electron chi connectivity index (χ2n) is 5.32. The Hall–Kier alpha value is -2.40. The summed E-state index contributed by atoms with van der Waals surface area (Å²) >= 11 is 0. The number of nitrogens with one attached hydrogen (secondary N) is 1. The zero-order valence-corrected chi connectivity index (χ0v) is 12.7. The number of hydrogen-bond acceptors (Lipinski definition) is 4. The molecule has 22 heavy (non-hydrogen) atoms. The quantitative estimate of drug-likeness (QED) is 0.860.